The van der Waals surface area contributed by atoms with Gasteiger partial charge in [0.2, 0.25) is 0 Å². The molecule has 0 N–H and O–H groups in total. The maximum absolute atomic E-state index is 12.3. The van der Waals surface area contributed by atoms with Crippen LogP contribution in [-0.2, 0) is 12.6 Å². The fourth-order valence-corrected chi connectivity index (χ4v) is 2.80. The van der Waals surface area contributed by atoms with Gasteiger partial charge in [0.1, 0.15) is 0 Å². The molecular formula is C13H16BrF3. The number of rotatable bonds is 4. The van der Waals surface area contributed by atoms with E-state index in [0.29, 0.717) is 10.7 Å². The Hall–Kier alpha value is -0.510. The molecule has 0 nitrogen and oxygen atoms in total. The summed E-state index contributed by atoms with van der Waals surface area (Å²) in [6.07, 6.45) is -2.47. The summed E-state index contributed by atoms with van der Waals surface area (Å²) in [7, 11) is 0. The van der Waals surface area contributed by atoms with Crippen LogP contribution in [0.3, 0.4) is 0 Å². The third-order valence-electron chi connectivity index (χ3n) is 2.47. The molecule has 1 aromatic carbocycles. The second kappa shape index (κ2) is 5.89. The van der Waals surface area contributed by atoms with Crippen LogP contribution in [0.2, 0.25) is 0 Å². The summed E-state index contributed by atoms with van der Waals surface area (Å²) >= 11 is 3.55. The van der Waals surface area contributed by atoms with E-state index >= 15 is 0 Å². The highest BCUT2D eigenvalue weighted by molar-refractivity contribution is 9.09. The van der Waals surface area contributed by atoms with Gasteiger partial charge in [-0.1, -0.05) is 41.9 Å². The molecule has 4 heteroatoms. The van der Waals surface area contributed by atoms with Crippen molar-refractivity contribution in [3.05, 3.63) is 35.4 Å². The molecule has 0 heterocycles. The highest BCUT2D eigenvalue weighted by Crippen LogP contribution is 2.29. The molecule has 0 amide bonds. The van der Waals surface area contributed by atoms with Crippen LogP contribution in [0.25, 0.3) is 0 Å². The first-order valence-electron chi connectivity index (χ1n) is 5.59. The van der Waals surface area contributed by atoms with Crippen LogP contribution in [0, 0.1) is 5.92 Å². The molecule has 0 spiro atoms. The first kappa shape index (κ1) is 14.6. The lowest BCUT2D eigenvalue weighted by Gasteiger charge is -2.13. The fraction of sp³-hybridized carbons (Fsp3) is 0.538. The minimum atomic E-state index is -4.25. The van der Waals surface area contributed by atoms with Crippen molar-refractivity contribution in [2.24, 2.45) is 5.92 Å². The van der Waals surface area contributed by atoms with Gasteiger partial charge in [-0.2, -0.15) is 13.2 Å². The molecule has 0 saturated heterocycles. The monoisotopic (exact) mass is 308 g/mol. The van der Waals surface area contributed by atoms with Crippen molar-refractivity contribution in [2.45, 2.75) is 37.7 Å². The molecule has 0 bridgehead atoms. The predicted octanol–water partition coefficient (Wildman–Crippen LogP) is 5.06. The maximum atomic E-state index is 12.3. The largest absolute Gasteiger partial charge is 0.416 e. The SMILES string of the molecule is CC(C)CC(Br)Cc1ccc(C(F)(F)F)cc1. The molecule has 0 saturated carbocycles. The summed E-state index contributed by atoms with van der Waals surface area (Å²) in [5.74, 6) is 0.578. The molecule has 0 aliphatic heterocycles. The van der Waals surface area contributed by atoms with Crippen molar-refractivity contribution in [2.75, 3.05) is 0 Å². The van der Waals surface area contributed by atoms with Gasteiger partial charge in [-0.3, -0.25) is 0 Å². The summed E-state index contributed by atoms with van der Waals surface area (Å²) < 4.78 is 37.0. The second-order valence-corrected chi connectivity index (χ2v) is 5.92. The van der Waals surface area contributed by atoms with Crippen LogP contribution in [0.5, 0.6) is 0 Å². The maximum Gasteiger partial charge on any atom is 0.416 e. The van der Waals surface area contributed by atoms with E-state index in [1.807, 2.05) is 0 Å². The lowest BCUT2D eigenvalue weighted by atomic mass is 10.0. The van der Waals surface area contributed by atoms with Gasteiger partial charge in [-0.15, -0.1) is 0 Å². The van der Waals surface area contributed by atoms with Gasteiger partial charge < -0.3 is 0 Å². The molecule has 0 fully saturated rings. The number of hydrogen-bond donors (Lipinski definition) is 0. The highest BCUT2D eigenvalue weighted by Gasteiger charge is 2.29. The zero-order valence-corrected chi connectivity index (χ0v) is 11.5. The van der Waals surface area contributed by atoms with E-state index in [2.05, 4.69) is 29.8 Å². The lowest BCUT2D eigenvalue weighted by Crippen LogP contribution is -2.08. The van der Waals surface area contributed by atoms with Crippen molar-refractivity contribution >= 4 is 15.9 Å². The Morgan fingerprint density at radius 3 is 2.06 bits per heavy atom. The Kier molecular flexibility index (Phi) is 5.04. The number of halogens is 4. The molecule has 1 atom stereocenters. The second-order valence-electron chi connectivity index (χ2n) is 4.63. The van der Waals surface area contributed by atoms with Crippen LogP contribution < -0.4 is 0 Å². The molecule has 96 valence electrons. The Labute approximate surface area is 108 Å². The molecule has 17 heavy (non-hydrogen) atoms. The molecular weight excluding hydrogens is 293 g/mol. The standard InChI is InChI=1S/C13H16BrF3/c1-9(2)7-12(14)8-10-3-5-11(6-4-10)13(15,16)17/h3-6,9,12H,7-8H2,1-2H3. The van der Waals surface area contributed by atoms with Crippen molar-refractivity contribution in [3.63, 3.8) is 0 Å². The Balaban J connectivity index is 2.63. The van der Waals surface area contributed by atoms with Crippen LogP contribution in [0.4, 0.5) is 13.2 Å². The van der Waals surface area contributed by atoms with E-state index in [0.717, 1.165) is 30.5 Å². The van der Waals surface area contributed by atoms with E-state index in [-0.39, 0.29) is 0 Å². The predicted molar refractivity (Wildman–Crippen MR) is 67.3 cm³/mol. The summed E-state index contributed by atoms with van der Waals surface area (Å²) in [6, 6.07) is 5.39. The Bertz CT molecular complexity index is 341. The van der Waals surface area contributed by atoms with E-state index in [1.165, 1.54) is 0 Å². The smallest absolute Gasteiger partial charge is 0.166 e. The molecule has 1 rings (SSSR count). The van der Waals surface area contributed by atoms with Gasteiger partial charge >= 0.3 is 6.18 Å². The molecule has 0 aromatic heterocycles. The third-order valence-corrected chi connectivity index (χ3v) is 3.16. The third kappa shape index (κ3) is 5.11. The van der Waals surface area contributed by atoms with E-state index in [9.17, 15) is 13.2 Å². The lowest BCUT2D eigenvalue weighted by molar-refractivity contribution is -0.137. The van der Waals surface area contributed by atoms with Crippen molar-refractivity contribution in [1.29, 1.82) is 0 Å². The Morgan fingerprint density at radius 1 is 1.12 bits per heavy atom. The van der Waals surface area contributed by atoms with E-state index < -0.39 is 11.7 Å². The van der Waals surface area contributed by atoms with Crippen LogP contribution in [-0.4, -0.2) is 4.83 Å². The van der Waals surface area contributed by atoms with Crippen LogP contribution in [0.1, 0.15) is 31.4 Å². The van der Waals surface area contributed by atoms with Crippen molar-refractivity contribution in [3.8, 4) is 0 Å². The topological polar surface area (TPSA) is 0 Å². The Morgan fingerprint density at radius 2 is 1.65 bits per heavy atom. The number of hydrogen-bond acceptors (Lipinski definition) is 0. The fourth-order valence-electron chi connectivity index (χ4n) is 1.68. The first-order chi connectivity index (χ1) is 7.79. The summed E-state index contributed by atoms with van der Waals surface area (Å²) in [5, 5.41) is 0. The average molecular weight is 309 g/mol. The average Bonchev–Trinajstić information content (AvgIpc) is 2.15. The molecule has 0 aliphatic carbocycles. The molecule has 1 unspecified atom stereocenters. The van der Waals surface area contributed by atoms with E-state index in [1.54, 1.807) is 12.1 Å². The zero-order chi connectivity index (χ0) is 13.1. The normalized spacial score (nSPS) is 14.1. The molecule has 0 radical (unpaired) electrons. The number of benzene rings is 1. The minimum Gasteiger partial charge on any atom is -0.166 e. The van der Waals surface area contributed by atoms with E-state index in [4.69, 9.17) is 0 Å². The van der Waals surface area contributed by atoms with Crippen LogP contribution >= 0.6 is 15.9 Å². The quantitative estimate of drug-likeness (QED) is 0.682. The van der Waals surface area contributed by atoms with Crippen molar-refractivity contribution in [1.82, 2.24) is 0 Å². The summed E-state index contributed by atoms with van der Waals surface area (Å²) in [5.41, 5.74) is 0.344. The molecule has 0 aliphatic rings. The van der Waals surface area contributed by atoms with Gasteiger partial charge in [0.15, 0.2) is 0 Å². The molecule has 1 aromatic rings. The van der Waals surface area contributed by atoms with Gasteiger partial charge in [0.25, 0.3) is 0 Å². The first-order valence-corrected chi connectivity index (χ1v) is 6.51. The van der Waals surface area contributed by atoms with Crippen LogP contribution in [0.15, 0.2) is 24.3 Å². The van der Waals surface area contributed by atoms with Gasteiger partial charge in [-0.05, 0) is 36.5 Å². The summed E-state index contributed by atoms with van der Waals surface area (Å²) in [4.78, 5) is 0.319. The summed E-state index contributed by atoms with van der Waals surface area (Å²) in [6.45, 7) is 4.25. The van der Waals surface area contributed by atoms with Crippen molar-refractivity contribution < 1.29 is 13.2 Å². The van der Waals surface area contributed by atoms with Gasteiger partial charge in [-0.25, -0.2) is 0 Å². The van der Waals surface area contributed by atoms with Gasteiger partial charge in [0, 0.05) is 4.83 Å². The highest BCUT2D eigenvalue weighted by atomic mass is 79.9. The number of alkyl halides is 4. The minimum absolute atomic E-state index is 0.319. The zero-order valence-electron chi connectivity index (χ0n) is 9.89. The van der Waals surface area contributed by atoms with Gasteiger partial charge in [0.05, 0.1) is 5.56 Å².